The van der Waals surface area contributed by atoms with E-state index >= 15 is 0 Å². The van der Waals surface area contributed by atoms with Crippen molar-refractivity contribution in [3.63, 3.8) is 0 Å². The Morgan fingerprint density at radius 2 is 1.77 bits per heavy atom. The maximum absolute atomic E-state index is 12.6. The van der Waals surface area contributed by atoms with Gasteiger partial charge in [0.2, 0.25) is 0 Å². The number of aryl methyl sites for hydroxylation is 1. The number of methoxy groups -OCH3 is 1. The summed E-state index contributed by atoms with van der Waals surface area (Å²) < 4.78 is 21.5. The maximum Gasteiger partial charge on any atom is 0.341 e. The minimum absolute atomic E-state index is 0.127. The van der Waals surface area contributed by atoms with Crippen molar-refractivity contribution in [2.75, 3.05) is 19.0 Å². The number of hydrogen-bond donors (Lipinski definition) is 1. The summed E-state index contributed by atoms with van der Waals surface area (Å²) in [5, 5.41) is 3.20. The Hall–Kier alpha value is -3.26. The summed E-state index contributed by atoms with van der Waals surface area (Å²) in [7, 11) is 1.60. The monoisotopic (exact) mass is 429 g/mol. The number of thiophene rings is 1. The summed E-state index contributed by atoms with van der Waals surface area (Å²) in [4.78, 5) is 25.8. The van der Waals surface area contributed by atoms with Crippen molar-refractivity contribution in [1.29, 1.82) is 0 Å². The Morgan fingerprint density at radius 1 is 1.07 bits per heavy atom. The largest absolute Gasteiger partial charge is 0.497 e. The van der Waals surface area contributed by atoms with Crippen LogP contribution in [0.2, 0.25) is 0 Å². The van der Waals surface area contributed by atoms with Crippen LogP contribution in [0.5, 0.6) is 11.5 Å². The molecule has 3 rings (SSSR count). The number of anilines is 1. The molecule has 7 nitrogen and oxygen atoms in total. The van der Waals surface area contributed by atoms with Gasteiger partial charge in [0.25, 0.3) is 5.91 Å². The Balaban J connectivity index is 1.66. The van der Waals surface area contributed by atoms with Crippen LogP contribution in [-0.4, -0.2) is 25.6 Å². The first-order chi connectivity index (χ1) is 14.4. The normalized spacial score (nSPS) is 10.5. The number of carbonyl (C=O) groups excluding carboxylic acids is 2. The first kappa shape index (κ1) is 21.4. The summed E-state index contributed by atoms with van der Waals surface area (Å²) in [6, 6.07) is 10.4. The number of nitrogens with one attached hydrogen (secondary N) is 1. The molecule has 1 amide bonds. The zero-order chi connectivity index (χ0) is 21.7. The third-order valence-corrected chi connectivity index (χ3v) is 5.54. The highest BCUT2D eigenvalue weighted by Crippen LogP contribution is 2.33. The van der Waals surface area contributed by atoms with Crippen LogP contribution in [0, 0.1) is 13.8 Å². The van der Waals surface area contributed by atoms with E-state index in [1.165, 1.54) is 11.3 Å². The van der Waals surface area contributed by atoms with Crippen LogP contribution in [0.1, 0.15) is 44.0 Å². The van der Waals surface area contributed by atoms with Crippen LogP contribution in [0.3, 0.4) is 0 Å². The van der Waals surface area contributed by atoms with Gasteiger partial charge in [0.05, 0.1) is 19.3 Å². The van der Waals surface area contributed by atoms with Crippen molar-refractivity contribution < 1.29 is 28.2 Å². The average molecular weight is 429 g/mol. The second kappa shape index (κ2) is 9.49. The van der Waals surface area contributed by atoms with Gasteiger partial charge in [-0.1, -0.05) is 0 Å². The summed E-state index contributed by atoms with van der Waals surface area (Å²) in [5.41, 5.74) is 1.17. The number of ether oxygens (including phenoxy) is 3. The number of furan rings is 1. The van der Waals surface area contributed by atoms with Gasteiger partial charge in [-0.15, -0.1) is 11.3 Å². The van der Waals surface area contributed by atoms with Crippen LogP contribution in [0.4, 0.5) is 5.00 Å². The SMILES string of the molecule is CCOC(=O)c1c(NC(=O)c2ccc(COc3ccc(OC)cc3)o2)sc(C)c1C. The molecular formula is C22H23NO6S. The van der Waals surface area contributed by atoms with Gasteiger partial charge in [0.15, 0.2) is 5.76 Å². The Labute approximate surface area is 178 Å². The van der Waals surface area contributed by atoms with Crippen molar-refractivity contribution in [2.45, 2.75) is 27.4 Å². The van der Waals surface area contributed by atoms with Crippen LogP contribution >= 0.6 is 11.3 Å². The molecule has 8 heteroatoms. The molecule has 30 heavy (non-hydrogen) atoms. The lowest BCUT2D eigenvalue weighted by atomic mass is 10.1. The van der Waals surface area contributed by atoms with Crippen molar-refractivity contribution >= 4 is 28.2 Å². The number of benzene rings is 1. The van der Waals surface area contributed by atoms with Crippen LogP contribution in [-0.2, 0) is 11.3 Å². The van der Waals surface area contributed by atoms with Crippen molar-refractivity contribution in [3.8, 4) is 11.5 Å². The van der Waals surface area contributed by atoms with Gasteiger partial charge in [-0.05, 0) is 62.7 Å². The lowest BCUT2D eigenvalue weighted by Crippen LogP contribution is -2.14. The topological polar surface area (TPSA) is 87.0 Å². The fourth-order valence-corrected chi connectivity index (χ4v) is 3.78. The smallest absolute Gasteiger partial charge is 0.341 e. The molecule has 0 aliphatic heterocycles. The average Bonchev–Trinajstić information content (AvgIpc) is 3.32. The Morgan fingerprint density at radius 3 is 2.43 bits per heavy atom. The summed E-state index contributed by atoms with van der Waals surface area (Å²) in [6.45, 7) is 5.89. The lowest BCUT2D eigenvalue weighted by molar-refractivity contribution is 0.0527. The molecule has 1 N–H and O–H groups in total. The van der Waals surface area contributed by atoms with E-state index in [0.29, 0.717) is 22.1 Å². The molecule has 158 valence electrons. The molecule has 0 atom stereocenters. The van der Waals surface area contributed by atoms with E-state index in [-0.39, 0.29) is 19.0 Å². The number of rotatable bonds is 8. The second-order valence-corrected chi connectivity index (χ2v) is 7.62. The number of carbonyl (C=O) groups is 2. The highest BCUT2D eigenvalue weighted by atomic mass is 32.1. The quantitative estimate of drug-likeness (QED) is 0.509. The van der Waals surface area contributed by atoms with Gasteiger partial charge in [-0.3, -0.25) is 4.79 Å². The zero-order valence-corrected chi connectivity index (χ0v) is 18.1. The van der Waals surface area contributed by atoms with Crippen molar-refractivity contribution in [3.05, 3.63) is 63.9 Å². The number of amides is 1. The fraction of sp³-hybridized carbons (Fsp3) is 0.273. The molecule has 0 unspecified atom stereocenters. The first-order valence-electron chi connectivity index (χ1n) is 9.37. The van der Waals surface area contributed by atoms with Gasteiger partial charge in [-0.25, -0.2) is 4.79 Å². The van der Waals surface area contributed by atoms with Gasteiger partial charge in [0.1, 0.15) is 28.9 Å². The second-order valence-electron chi connectivity index (χ2n) is 6.39. The molecule has 0 saturated carbocycles. The molecule has 0 bridgehead atoms. The van der Waals surface area contributed by atoms with E-state index in [1.54, 1.807) is 50.4 Å². The molecule has 0 spiro atoms. The zero-order valence-electron chi connectivity index (χ0n) is 17.2. The van der Waals surface area contributed by atoms with Gasteiger partial charge in [0, 0.05) is 4.88 Å². The highest BCUT2D eigenvalue weighted by Gasteiger charge is 2.23. The van der Waals surface area contributed by atoms with Crippen LogP contribution < -0.4 is 14.8 Å². The number of esters is 1. The molecule has 3 aromatic rings. The minimum atomic E-state index is -0.456. The molecule has 0 radical (unpaired) electrons. The molecule has 2 aromatic heterocycles. The van der Waals surface area contributed by atoms with Gasteiger partial charge >= 0.3 is 5.97 Å². The third-order valence-electron chi connectivity index (χ3n) is 4.42. The molecule has 0 aliphatic carbocycles. The van der Waals surface area contributed by atoms with E-state index in [1.807, 2.05) is 13.8 Å². The molecule has 0 aliphatic rings. The third kappa shape index (κ3) is 4.83. The minimum Gasteiger partial charge on any atom is -0.497 e. The highest BCUT2D eigenvalue weighted by molar-refractivity contribution is 7.16. The predicted molar refractivity (Wildman–Crippen MR) is 114 cm³/mol. The maximum atomic E-state index is 12.6. The van der Waals surface area contributed by atoms with Crippen molar-refractivity contribution in [1.82, 2.24) is 0 Å². The lowest BCUT2D eigenvalue weighted by Gasteiger charge is -2.06. The van der Waals surface area contributed by atoms with E-state index in [4.69, 9.17) is 18.6 Å². The predicted octanol–water partition coefficient (Wildman–Crippen LogP) is 4.97. The van der Waals surface area contributed by atoms with E-state index in [9.17, 15) is 9.59 Å². The Kier molecular flexibility index (Phi) is 6.79. The van der Waals surface area contributed by atoms with E-state index < -0.39 is 11.9 Å². The molecule has 1 aromatic carbocycles. The Bertz CT molecular complexity index is 1030. The summed E-state index contributed by atoms with van der Waals surface area (Å²) in [5.74, 6) is 1.12. The van der Waals surface area contributed by atoms with Gasteiger partial charge in [-0.2, -0.15) is 0 Å². The van der Waals surface area contributed by atoms with Crippen LogP contribution in [0.25, 0.3) is 0 Å². The molecule has 0 fully saturated rings. The molecule has 2 heterocycles. The molecular weight excluding hydrogens is 406 g/mol. The summed E-state index contributed by atoms with van der Waals surface area (Å²) in [6.07, 6.45) is 0. The van der Waals surface area contributed by atoms with Gasteiger partial charge < -0.3 is 23.9 Å². The number of hydrogen-bond acceptors (Lipinski definition) is 7. The first-order valence-corrected chi connectivity index (χ1v) is 10.2. The molecule has 0 saturated heterocycles. The van der Waals surface area contributed by atoms with Crippen LogP contribution in [0.15, 0.2) is 40.8 Å². The standard InChI is InChI=1S/C22H23NO6S/c1-5-27-22(25)19-13(2)14(3)30-21(19)23-20(24)18-11-10-17(29-18)12-28-16-8-6-15(26-4)7-9-16/h6-11H,5,12H2,1-4H3,(H,23,24). The van der Waals surface area contributed by atoms with E-state index in [0.717, 1.165) is 16.2 Å². The fourth-order valence-electron chi connectivity index (χ4n) is 2.73. The summed E-state index contributed by atoms with van der Waals surface area (Å²) >= 11 is 1.33. The van der Waals surface area contributed by atoms with Crippen molar-refractivity contribution in [2.24, 2.45) is 0 Å². The van der Waals surface area contributed by atoms with E-state index in [2.05, 4.69) is 5.32 Å².